The second kappa shape index (κ2) is 7.78. The third-order valence-electron chi connectivity index (χ3n) is 6.33. The van der Waals surface area contributed by atoms with Gasteiger partial charge in [0.05, 0.1) is 5.92 Å². The Morgan fingerprint density at radius 1 is 1.08 bits per heavy atom. The van der Waals surface area contributed by atoms with Crippen LogP contribution in [0.1, 0.15) is 38.5 Å². The summed E-state index contributed by atoms with van der Waals surface area (Å²) in [6.45, 7) is 3.70. The molecule has 0 aromatic heterocycles. The number of hydrogen-bond acceptors (Lipinski definition) is 3. The molecule has 3 aliphatic rings. The van der Waals surface area contributed by atoms with E-state index < -0.39 is 0 Å². The molecule has 0 radical (unpaired) electrons. The fourth-order valence-corrected chi connectivity index (χ4v) is 4.93. The molecule has 3 heterocycles. The van der Waals surface area contributed by atoms with Crippen LogP contribution in [0, 0.1) is 11.8 Å². The van der Waals surface area contributed by atoms with Gasteiger partial charge in [0, 0.05) is 31.2 Å². The summed E-state index contributed by atoms with van der Waals surface area (Å²) in [5.74, 6) is 0.432. The molecule has 3 atom stereocenters. The molecule has 1 aromatic carbocycles. The van der Waals surface area contributed by atoms with Crippen molar-refractivity contribution in [2.45, 2.75) is 44.6 Å². The summed E-state index contributed by atoms with van der Waals surface area (Å²) >= 11 is 0. The Hall–Kier alpha value is -1.88. The Morgan fingerprint density at radius 3 is 2.73 bits per heavy atom. The van der Waals surface area contributed by atoms with Crippen LogP contribution in [0.2, 0.25) is 0 Å². The number of nitrogens with one attached hydrogen (secondary N) is 1. The highest BCUT2D eigenvalue weighted by Crippen LogP contribution is 2.31. The number of carbonyl (C=O) groups excluding carboxylic acids is 2. The number of piperidine rings is 2. The first-order valence-electron chi connectivity index (χ1n) is 10.1. The van der Waals surface area contributed by atoms with Crippen LogP contribution in [0.15, 0.2) is 30.3 Å². The first kappa shape index (κ1) is 17.5. The number of nitrogens with zero attached hydrogens (tertiary/aromatic N) is 2. The lowest BCUT2D eigenvalue weighted by molar-refractivity contribution is -0.126. The summed E-state index contributed by atoms with van der Waals surface area (Å²) in [7, 11) is 0. The fourth-order valence-electron chi connectivity index (χ4n) is 4.93. The van der Waals surface area contributed by atoms with Crippen molar-refractivity contribution in [1.82, 2.24) is 10.2 Å². The van der Waals surface area contributed by atoms with Gasteiger partial charge in [0.1, 0.15) is 0 Å². The smallest absolute Gasteiger partial charge is 0.227 e. The lowest BCUT2D eigenvalue weighted by atomic mass is 9.83. The van der Waals surface area contributed by atoms with Crippen LogP contribution < -0.4 is 10.2 Å². The monoisotopic (exact) mass is 355 g/mol. The average molecular weight is 355 g/mol. The first-order chi connectivity index (χ1) is 12.7. The third kappa shape index (κ3) is 3.63. The van der Waals surface area contributed by atoms with Gasteiger partial charge in [0.25, 0.3) is 0 Å². The predicted octanol–water partition coefficient (Wildman–Crippen LogP) is 2.42. The zero-order valence-corrected chi connectivity index (χ0v) is 15.4. The van der Waals surface area contributed by atoms with Crippen LogP contribution in [-0.2, 0) is 9.59 Å². The molecule has 4 rings (SSSR count). The van der Waals surface area contributed by atoms with E-state index in [9.17, 15) is 9.59 Å². The summed E-state index contributed by atoms with van der Waals surface area (Å²) in [5, 5.41) is 3.18. The number of para-hydroxylation sites is 1. The van der Waals surface area contributed by atoms with Gasteiger partial charge in [-0.2, -0.15) is 0 Å². The highest BCUT2D eigenvalue weighted by molar-refractivity contribution is 6.00. The minimum absolute atomic E-state index is 0.0460. The number of fused-ring (bicyclic) bond motifs is 1. The van der Waals surface area contributed by atoms with Crippen LogP contribution in [0.3, 0.4) is 0 Å². The van der Waals surface area contributed by atoms with Crippen molar-refractivity contribution in [3.63, 3.8) is 0 Å². The van der Waals surface area contributed by atoms with Gasteiger partial charge < -0.3 is 15.1 Å². The molecule has 3 aliphatic heterocycles. The molecule has 140 valence electrons. The Labute approximate surface area is 155 Å². The van der Waals surface area contributed by atoms with Crippen molar-refractivity contribution >= 4 is 17.5 Å². The molecule has 0 saturated carbocycles. The van der Waals surface area contributed by atoms with Crippen molar-refractivity contribution < 1.29 is 9.59 Å². The molecule has 0 spiro atoms. The second-order valence-corrected chi connectivity index (χ2v) is 7.99. The average Bonchev–Trinajstić information content (AvgIpc) is 3.08. The largest absolute Gasteiger partial charge is 0.355 e. The van der Waals surface area contributed by atoms with Crippen molar-refractivity contribution in [2.75, 3.05) is 31.1 Å². The van der Waals surface area contributed by atoms with Crippen LogP contribution in [-0.4, -0.2) is 48.9 Å². The van der Waals surface area contributed by atoms with E-state index in [0.717, 1.165) is 12.2 Å². The molecule has 0 bridgehead atoms. The highest BCUT2D eigenvalue weighted by Gasteiger charge is 2.37. The Bertz CT molecular complexity index is 646. The van der Waals surface area contributed by atoms with E-state index in [1.54, 1.807) is 4.90 Å². The van der Waals surface area contributed by atoms with Crippen LogP contribution in [0.5, 0.6) is 0 Å². The molecule has 2 amide bonds. The second-order valence-electron chi connectivity index (χ2n) is 7.99. The molecular weight excluding hydrogens is 326 g/mol. The van der Waals surface area contributed by atoms with E-state index >= 15 is 0 Å². The molecule has 0 aliphatic carbocycles. The number of amides is 2. The topological polar surface area (TPSA) is 52.7 Å². The Morgan fingerprint density at radius 2 is 1.88 bits per heavy atom. The van der Waals surface area contributed by atoms with Crippen molar-refractivity contribution in [2.24, 2.45) is 11.8 Å². The molecule has 3 fully saturated rings. The van der Waals surface area contributed by atoms with Gasteiger partial charge in [-0.1, -0.05) is 24.6 Å². The van der Waals surface area contributed by atoms with Gasteiger partial charge >= 0.3 is 0 Å². The summed E-state index contributed by atoms with van der Waals surface area (Å²) in [6, 6.07) is 10.3. The molecule has 26 heavy (non-hydrogen) atoms. The minimum atomic E-state index is -0.228. The fraction of sp³-hybridized carbons (Fsp3) is 0.619. The number of rotatable bonds is 4. The van der Waals surface area contributed by atoms with E-state index in [-0.39, 0.29) is 17.7 Å². The van der Waals surface area contributed by atoms with Gasteiger partial charge in [0.15, 0.2) is 0 Å². The zero-order chi connectivity index (χ0) is 17.9. The van der Waals surface area contributed by atoms with Crippen LogP contribution in [0.4, 0.5) is 5.69 Å². The molecule has 5 heteroatoms. The summed E-state index contributed by atoms with van der Waals surface area (Å²) in [4.78, 5) is 29.4. The van der Waals surface area contributed by atoms with Gasteiger partial charge in [-0.15, -0.1) is 0 Å². The summed E-state index contributed by atoms with van der Waals surface area (Å²) in [6.07, 6.45) is 6.66. The minimum Gasteiger partial charge on any atom is -0.355 e. The quantitative estimate of drug-likeness (QED) is 0.902. The Balaban J connectivity index is 1.32. The van der Waals surface area contributed by atoms with E-state index in [1.165, 1.54) is 45.2 Å². The SMILES string of the molecule is O=C(NC[C@@H]1CCCN2CCCCC12)C1CC(=O)N(c2ccccc2)C1. The maximum absolute atomic E-state index is 12.7. The predicted molar refractivity (Wildman–Crippen MR) is 102 cm³/mol. The molecule has 3 saturated heterocycles. The maximum Gasteiger partial charge on any atom is 0.227 e. The van der Waals surface area contributed by atoms with Crippen molar-refractivity contribution in [3.05, 3.63) is 30.3 Å². The summed E-state index contributed by atoms with van der Waals surface area (Å²) in [5.41, 5.74) is 0.887. The summed E-state index contributed by atoms with van der Waals surface area (Å²) < 4.78 is 0. The number of anilines is 1. The van der Waals surface area contributed by atoms with Crippen LogP contribution in [0.25, 0.3) is 0 Å². The maximum atomic E-state index is 12.7. The lowest BCUT2D eigenvalue weighted by Gasteiger charge is -2.44. The van der Waals surface area contributed by atoms with E-state index in [1.807, 2.05) is 30.3 Å². The Kier molecular flexibility index (Phi) is 5.25. The van der Waals surface area contributed by atoms with Gasteiger partial charge in [0.2, 0.25) is 11.8 Å². The number of benzene rings is 1. The molecule has 1 N–H and O–H groups in total. The van der Waals surface area contributed by atoms with Gasteiger partial charge in [-0.25, -0.2) is 0 Å². The number of carbonyl (C=O) groups is 2. The lowest BCUT2D eigenvalue weighted by Crippen LogP contribution is -2.51. The van der Waals surface area contributed by atoms with Crippen molar-refractivity contribution in [3.8, 4) is 0 Å². The molecule has 5 nitrogen and oxygen atoms in total. The third-order valence-corrected chi connectivity index (χ3v) is 6.33. The first-order valence-corrected chi connectivity index (χ1v) is 10.1. The zero-order valence-electron chi connectivity index (χ0n) is 15.4. The van der Waals surface area contributed by atoms with Gasteiger partial charge in [-0.3, -0.25) is 9.59 Å². The molecular formula is C21H29N3O2. The van der Waals surface area contributed by atoms with E-state index in [2.05, 4.69) is 10.2 Å². The van der Waals surface area contributed by atoms with Gasteiger partial charge in [-0.05, 0) is 56.8 Å². The molecule has 2 unspecified atom stereocenters. The molecule has 1 aromatic rings. The van der Waals surface area contributed by atoms with E-state index in [0.29, 0.717) is 24.9 Å². The standard InChI is InChI=1S/C21H29N3O2/c25-20-13-17(15-24(20)18-8-2-1-3-9-18)21(26)22-14-16-7-6-12-23-11-5-4-10-19(16)23/h1-3,8-9,16-17,19H,4-7,10-15H2,(H,22,26)/t16-,17?,19?/m0/s1. The highest BCUT2D eigenvalue weighted by atomic mass is 16.2. The van der Waals surface area contributed by atoms with Crippen molar-refractivity contribution in [1.29, 1.82) is 0 Å². The van der Waals surface area contributed by atoms with Crippen LogP contribution >= 0.6 is 0 Å². The van der Waals surface area contributed by atoms with E-state index in [4.69, 9.17) is 0 Å². The number of hydrogen-bond donors (Lipinski definition) is 1. The normalized spacial score (nSPS) is 29.5.